The molecule has 0 aromatic carbocycles. The molecule has 2 rings (SSSR count). The van der Waals surface area contributed by atoms with Gasteiger partial charge in [0.15, 0.2) is 5.69 Å². The molecule has 1 aliphatic rings. The van der Waals surface area contributed by atoms with E-state index in [9.17, 15) is 4.79 Å². The number of carbonyl (C=O) groups excluding carboxylic acids is 1. The van der Waals surface area contributed by atoms with Gasteiger partial charge in [0.05, 0.1) is 7.11 Å². The first-order valence-corrected chi connectivity index (χ1v) is 6.56. The van der Waals surface area contributed by atoms with Gasteiger partial charge in [0.1, 0.15) is 5.82 Å². The van der Waals surface area contributed by atoms with E-state index in [2.05, 4.69) is 23.4 Å². The SMILES string of the molecule is C=C(C)c1ccc(C(=O)OC)nc1N1CCC[C@@H]1C. The van der Waals surface area contributed by atoms with E-state index in [1.807, 2.05) is 13.0 Å². The van der Waals surface area contributed by atoms with Crippen molar-refractivity contribution in [1.82, 2.24) is 4.98 Å². The second-order valence-electron chi connectivity index (χ2n) is 5.02. The van der Waals surface area contributed by atoms with Gasteiger partial charge in [-0.05, 0) is 44.4 Å². The van der Waals surface area contributed by atoms with E-state index >= 15 is 0 Å². The van der Waals surface area contributed by atoms with Crippen molar-refractivity contribution >= 4 is 17.4 Å². The predicted molar refractivity (Wildman–Crippen MR) is 76.3 cm³/mol. The van der Waals surface area contributed by atoms with Crippen LogP contribution in [0.2, 0.25) is 0 Å². The minimum atomic E-state index is -0.402. The molecule has 1 aromatic rings. The Morgan fingerprint density at radius 3 is 2.79 bits per heavy atom. The van der Waals surface area contributed by atoms with Gasteiger partial charge in [0.2, 0.25) is 0 Å². The zero-order valence-electron chi connectivity index (χ0n) is 11.8. The minimum Gasteiger partial charge on any atom is -0.464 e. The van der Waals surface area contributed by atoms with Crippen LogP contribution in [0, 0.1) is 0 Å². The number of methoxy groups -OCH3 is 1. The first-order chi connectivity index (χ1) is 9.04. The molecule has 0 amide bonds. The van der Waals surface area contributed by atoms with Gasteiger partial charge in [-0.2, -0.15) is 0 Å². The maximum absolute atomic E-state index is 11.6. The third kappa shape index (κ3) is 2.62. The molecule has 0 unspecified atom stereocenters. The smallest absolute Gasteiger partial charge is 0.356 e. The van der Waals surface area contributed by atoms with Crippen LogP contribution in [0.1, 0.15) is 42.7 Å². The van der Waals surface area contributed by atoms with Crippen LogP contribution in [-0.2, 0) is 4.74 Å². The fourth-order valence-corrected chi connectivity index (χ4v) is 2.47. The largest absolute Gasteiger partial charge is 0.464 e. The van der Waals surface area contributed by atoms with Gasteiger partial charge in [-0.3, -0.25) is 0 Å². The topological polar surface area (TPSA) is 42.4 Å². The highest BCUT2D eigenvalue weighted by molar-refractivity contribution is 5.88. The van der Waals surface area contributed by atoms with Gasteiger partial charge in [-0.15, -0.1) is 0 Å². The van der Waals surface area contributed by atoms with Crippen molar-refractivity contribution < 1.29 is 9.53 Å². The quantitative estimate of drug-likeness (QED) is 0.784. The molecule has 4 heteroatoms. The molecule has 1 fully saturated rings. The zero-order valence-corrected chi connectivity index (χ0v) is 11.8. The van der Waals surface area contributed by atoms with Crippen LogP contribution in [0.4, 0.5) is 5.82 Å². The maximum Gasteiger partial charge on any atom is 0.356 e. The Labute approximate surface area is 114 Å². The van der Waals surface area contributed by atoms with E-state index < -0.39 is 5.97 Å². The summed E-state index contributed by atoms with van der Waals surface area (Å²) >= 11 is 0. The summed E-state index contributed by atoms with van der Waals surface area (Å²) in [7, 11) is 1.37. The Kier molecular flexibility index (Phi) is 3.88. The summed E-state index contributed by atoms with van der Waals surface area (Å²) in [4.78, 5) is 18.4. The van der Waals surface area contributed by atoms with Crippen molar-refractivity contribution in [2.45, 2.75) is 32.7 Å². The lowest BCUT2D eigenvalue weighted by atomic mass is 10.1. The monoisotopic (exact) mass is 260 g/mol. The number of nitrogens with zero attached hydrogens (tertiary/aromatic N) is 2. The molecule has 4 nitrogen and oxygen atoms in total. The highest BCUT2D eigenvalue weighted by Gasteiger charge is 2.25. The van der Waals surface area contributed by atoms with Crippen molar-refractivity contribution in [2.75, 3.05) is 18.6 Å². The number of carbonyl (C=O) groups is 1. The highest BCUT2D eigenvalue weighted by Crippen LogP contribution is 2.30. The van der Waals surface area contributed by atoms with E-state index in [1.54, 1.807) is 6.07 Å². The van der Waals surface area contributed by atoms with Crippen molar-refractivity contribution in [3.8, 4) is 0 Å². The molecule has 0 bridgehead atoms. The number of hydrogen-bond donors (Lipinski definition) is 0. The van der Waals surface area contributed by atoms with Gasteiger partial charge in [0, 0.05) is 18.2 Å². The molecule has 1 aliphatic heterocycles. The second kappa shape index (κ2) is 5.43. The molecule has 0 N–H and O–H groups in total. The summed E-state index contributed by atoms with van der Waals surface area (Å²) in [5.41, 5.74) is 2.31. The Morgan fingerprint density at radius 1 is 1.53 bits per heavy atom. The molecule has 1 aromatic heterocycles. The summed E-state index contributed by atoms with van der Waals surface area (Å²) in [5, 5.41) is 0. The summed E-state index contributed by atoms with van der Waals surface area (Å²) in [6.07, 6.45) is 2.31. The van der Waals surface area contributed by atoms with E-state index in [0.29, 0.717) is 11.7 Å². The Hall–Kier alpha value is -1.84. The number of allylic oxidation sites excluding steroid dienone is 1. The van der Waals surface area contributed by atoms with Gasteiger partial charge >= 0.3 is 5.97 Å². The molecule has 0 radical (unpaired) electrons. The molecular formula is C15H20N2O2. The molecule has 0 saturated carbocycles. The van der Waals surface area contributed by atoms with Crippen molar-refractivity contribution in [3.05, 3.63) is 30.0 Å². The van der Waals surface area contributed by atoms with E-state index in [4.69, 9.17) is 4.74 Å². The average molecular weight is 260 g/mol. The fourth-order valence-electron chi connectivity index (χ4n) is 2.47. The van der Waals surface area contributed by atoms with E-state index in [0.717, 1.165) is 36.3 Å². The van der Waals surface area contributed by atoms with Crippen LogP contribution >= 0.6 is 0 Å². The van der Waals surface area contributed by atoms with Gasteiger partial charge in [-0.1, -0.05) is 6.58 Å². The number of hydrogen-bond acceptors (Lipinski definition) is 4. The first-order valence-electron chi connectivity index (χ1n) is 6.56. The molecule has 1 saturated heterocycles. The van der Waals surface area contributed by atoms with Gasteiger partial charge < -0.3 is 9.64 Å². The molecule has 19 heavy (non-hydrogen) atoms. The summed E-state index contributed by atoms with van der Waals surface area (Å²) in [6, 6.07) is 4.04. The number of ether oxygens (including phenoxy) is 1. The van der Waals surface area contributed by atoms with Crippen molar-refractivity contribution in [2.24, 2.45) is 0 Å². The normalized spacial score (nSPS) is 18.5. The summed E-state index contributed by atoms with van der Waals surface area (Å²) in [5.74, 6) is 0.446. The average Bonchev–Trinajstić information content (AvgIpc) is 2.83. The second-order valence-corrected chi connectivity index (χ2v) is 5.02. The van der Waals surface area contributed by atoms with Crippen LogP contribution in [0.25, 0.3) is 5.57 Å². The lowest BCUT2D eigenvalue weighted by molar-refractivity contribution is 0.0594. The van der Waals surface area contributed by atoms with Gasteiger partial charge in [0.25, 0.3) is 0 Å². The highest BCUT2D eigenvalue weighted by atomic mass is 16.5. The lowest BCUT2D eigenvalue weighted by Gasteiger charge is -2.25. The minimum absolute atomic E-state index is 0.349. The summed E-state index contributed by atoms with van der Waals surface area (Å²) in [6.45, 7) is 9.11. The van der Waals surface area contributed by atoms with Crippen LogP contribution in [0.15, 0.2) is 18.7 Å². The fraction of sp³-hybridized carbons (Fsp3) is 0.467. The third-order valence-electron chi connectivity index (χ3n) is 3.55. The predicted octanol–water partition coefficient (Wildman–Crippen LogP) is 2.89. The van der Waals surface area contributed by atoms with E-state index in [1.165, 1.54) is 7.11 Å². The number of rotatable bonds is 3. The molecule has 0 spiro atoms. The molecular weight excluding hydrogens is 240 g/mol. The van der Waals surface area contributed by atoms with E-state index in [-0.39, 0.29) is 0 Å². The van der Waals surface area contributed by atoms with Crippen LogP contribution in [-0.4, -0.2) is 30.6 Å². The summed E-state index contributed by atoms with van der Waals surface area (Å²) < 4.78 is 4.74. The Morgan fingerprint density at radius 2 is 2.26 bits per heavy atom. The molecule has 1 atom stereocenters. The molecule has 2 heterocycles. The van der Waals surface area contributed by atoms with Crippen LogP contribution in [0.3, 0.4) is 0 Å². The lowest BCUT2D eigenvalue weighted by Crippen LogP contribution is -2.28. The first kappa shape index (κ1) is 13.6. The molecule has 0 aliphatic carbocycles. The van der Waals surface area contributed by atoms with Crippen LogP contribution in [0.5, 0.6) is 0 Å². The number of pyridine rings is 1. The molecule has 102 valence electrons. The maximum atomic E-state index is 11.6. The third-order valence-corrected chi connectivity index (χ3v) is 3.55. The Bertz CT molecular complexity index is 511. The Balaban J connectivity index is 2.47. The van der Waals surface area contributed by atoms with Crippen molar-refractivity contribution in [3.63, 3.8) is 0 Å². The zero-order chi connectivity index (χ0) is 14.0. The number of esters is 1. The van der Waals surface area contributed by atoms with Gasteiger partial charge in [-0.25, -0.2) is 9.78 Å². The number of aromatic nitrogens is 1. The standard InChI is InChI=1S/C15H20N2O2/c1-10(2)12-7-8-13(15(18)19-4)16-14(12)17-9-5-6-11(17)3/h7-8,11H,1,5-6,9H2,2-4H3/t11-/m0/s1. The van der Waals surface area contributed by atoms with Crippen LogP contribution < -0.4 is 4.90 Å². The van der Waals surface area contributed by atoms with Crippen molar-refractivity contribution in [1.29, 1.82) is 0 Å². The number of anilines is 1.